The number of rotatable bonds is 27. The Morgan fingerprint density at radius 3 is 1.39 bits per heavy atom. The van der Waals surface area contributed by atoms with Gasteiger partial charge in [0.15, 0.2) is 0 Å². The van der Waals surface area contributed by atoms with Gasteiger partial charge in [0, 0.05) is 13.0 Å². The van der Waals surface area contributed by atoms with Crippen molar-refractivity contribution in [1.29, 1.82) is 0 Å². The van der Waals surface area contributed by atoms with Gasteiger partial charge in [0.05, 0.1) is 13.2 Å². The van der Waals surface area contributed by atoms with E-state index >= 15 is 0 Å². The third-order valence-electron chi connectivity index (χ3n) is 6.43. The Morgan fingerprint density at radius 2 is 1.00 bits per heavy atom. The Labute approximate surface area is 206 Å². The van der Waals surface area contributed by atoms with Gasteiger partial charge in [-0.3, -0.25) is 4.79 Å². The van der Waals surface area contributed by atoms with Gasteiger partial charge in [-0.15, -0.1) is 0 Å². The monoisotopic (exact) mass is 470 g/mol. The van der Waals surface area contributed by atoms with Crippen LogP contribution in [0.1, 0.15) is 155 Å². The Bertz CT molecular complexity index is 386. The number of unbranched alkanes of at least 4 members (excludes halogenated alkanes) is 19. The molecule has 0 amide bonds. The lowest BCUT2D eigenvalue weighted by Gasteiger charge is -2.15. The van der Waals surface area contributed by atoms with Gasteiger partial charge in [-0.1, -0.05) is 136 Å². The molecule has 198 valence electrons. The van der Waals surface area contributed by atoms with Crippen molar-refractivity contribution in [2.75, 3.05) is 19.8 Å². The van der Waals surface area contributed by atoms with Crippen LogP contribution in [0.2, 0.25) is 0 Å². The Morgan fingerprint density at radius 1 is 0.606 bits per heavy atom. The zero-order chi connectivity index (χ0) is 24.2. The summed E-state index contributed by atoms with van der Waals surface area (Å²) in [6.45, 7) is 5.14. The Balaban J connectivity index is 3.22. The third kappa shape index (κ3) is 25.8. The molecule has 4 heteroatoms. The van der Waals surface area contributed by atoms with E-state index in [-0.39, 0.29) is 12.6 Å². The van der Waals surface area contributed by atoms with E-state index in [4.69, 9.17) is 9.47 Å². The number of aliphatic hydroxyl groups excluding tert-OH is 1. The minimum Gasteiger partial charge on any atom is -0.457 e. The number of hydrogen-bond acceptors (Lipinski definition) is 4. The largest absolute Gasteiger partial charge is 0.457 e. The molecule has 0 aromatic heterocycles. The average Bonchev–Trinajstić information content (AvgIpc) is 2.82. The van der Waals surface area contributed by atoms with Crippen LogP contribution < -0.4 is 0 Å². The fraction of sp³-hybridized carbons (Fsp3) is 0.966. The molecule has 0 fully saturated rings. The summed E-state index contributed by atoms with van der Waals surface area (Å²) in [6.07, 6.45) is 27.9. The molecule has 0 bridgehead atoms. The molecule has 0 aromatic carbocycles. The van der Waals surface area contributed by atoms with Crippen LogP contribution in [0.15, 0.2) is 0 Å². The molecule has 0 spiro atoms. The summed E-state index contributed by atoms with van der Waals surface area (Å²) >= 11 is 0. The second-order valence-electron chi connectivity index (χ2n) is 9.84. The van der Waals surface area contributed by atoms with Crippen LogP contribution in [-0.2, 0) is 14.3 Å². The normalized spacial score (nSPS) is 12.2. The van der Waals surface area contributed by atoms with E-state index in [1.54, 1.807) is 0 Å². The zero-order valence-corrected chi connectivity index (χ0v) is 22.4. The SMILES string of the molecule is CCCCCCCCCCCCCCCCCCCCCOCC(CO)OC(=O)CCCC. The molecule has 0 aromatic rings. The predicted molar refractivity (Wildman–Crippen MR) is 141 cm³/mol. The van der Waals surface area contributed by atoms with Crippen LogP contribution in [0.3, 0.4) is 0 Å². The lowest BCUT2D eigenvalue weighted by Crippen LogP contribution is -2.27. The topological polar surface area (TPSA) is 55.8 Å². The van der Waals surface area contributed by atoms with Crippen molar-refractivity contribution < 1.29 is 19.4 Å². The fourth-order valence-electron chi connectivity index (χ4n) is 4.19. The molecule has 0 rings (SSSR count). The van der Waals surface area contributed by atoms with Gasteiger partial charge in [-0.2, -0.15) is 0 Å². The molecule has 1 atom stereocenters. The van der Waals surface area contributed by atoms with E-state index in [0.717, 1.165) is 19.3 Å². The maximum Gasteiger partial charge on any atom is 0.306 e. The average molecular weight is 471 g/mol. The minimum absolute atomic E-state index is 0.170. The molecule has 0 radical (unpaired) electrons. The van der Waals surface area contributed by atoms with E-state index < -0.39 is 6.10 Å². The minimum atomic E-state index is -0.519. The van der Waals surface area contributed by atoms with Crippen molar-refractivity contribution in [3.05, 3.63) is 0 Å². The molecule has 4 nitrogen and oxygen atoms in total. The van der Waals surface area contributed by atoms with Gasteiger partial charge in [0.25, 0.3) is 0 Å². The molecule has 0 aliphatic heterocycles. The van der Waals surface area contributed by atoms with Crippen molar-refractivity contribution >= 4 is 5.97 Å². The molecule has 0 aliphatic carbocycles. The highest BCUT2D eigenvalue weighted by molar-refractivity contribution is 5.69. The Kier molecular flexibility index (Phi) is 27.1. The molecule has 33 heavy (non-hydrogen) atoms. The summed E-state index contributed by atoms with van der Waals surface area (Å²) in [5.41, 5.74) is 0. The number of carbonyl (C=O) groups is 1. The van der Waals surface area contributed by atoms with Crippen LogP contribution in [-0.4, -0.2) is 37.0 Å². The quantitative estimate of drug-likeness (QED) is 0.0965. The van der Waals surface area contributed by atoms with Crippen LogP contribution in [0, 0.1) is 0 Å². The van der Waals surface area contributed by atoms with E-state index in [0.29, 0.717) is 19.6 Å². The van der Waals surface area contributed by atoms with Crippen molar-refractivity contribution in [2.45, 2.75) is 161 Å². The summed E-state index contributed by atoms with van der Waals surface area (Å²) in [6, 6.07) is 0. The second kappa shape index (κ2) is 27.6. The maximum atomic E-state index is 11.6. The summed E-state index contributed by atoms with van der Waals surface area (Å²) in [7, 11) is 0. The van der Waals surface area contributed by atoms with E-state index in [1.807, 2.05) is 6.92 Å². The fourth-order valence-corrected chi connectivity index (χ4v) is 4.19. The highest BCUT2D eigenvalue weighted by Gasteiger charge is 2.13. The van der Waals surface area contributed by atoms with E-state index in [1.165, 1.54) is 116 Å². The number of ether oxygens (including phenoxy) is 2. The van der Waals surface area contributed by atoms with Crippen LogP contribution in [0.5, 0.6) is 0 Å². The lowest BCUT2D eigenvalue weighted by molar-refractivity contribution is -0.154. The standard InChI is InChI=1S/C29H58O4/c1-3-5-7-8-9-10-11-12-13-14-15-16-17-18-19-20-21-22-23-25-32-27-28(26-30)33-29(31)24-6-4-2/h28,30H,3-27H2,1-2H3. The Hall–Kier alpha value is -0.610. The highest BCUT2D eigenvalue weighted by Crippen LogP contribution is 2.14. The van der Waals surface area contributed by atoms with E-state index in [2.05, 4.69) is 6.92 Å². The molecule has 0 saturated carbocycles. The van der Waals surface area contributed by atoms with Gasteiger partial charge >= 0.3 is 5.97 Å². The number of aliphatic hydroxyl groups is 1. The smallest absolute Gasteiger partial charge is 0.306 e. The molecule has 0 heterocycles. The van der Waals surface area contributed by atoms with Crippen molar-refractivity contribution in [3.8, 4) is 0 Å². The zero-order valence-electron chi connectivity index (χ0n) is 22.4. The highest BCUT2D eigenvalue weighted by atomic mass is 16.6. The summed E-state index contributed by atoms with van der Waals surface area (Å²) in [4.78, 5) is 11.6. The second-order valence-corrected chi connectivity index (χ2v) is 9.84. The molecular formula is C29H58O4. The third-order valence-corrected chi connectivity index (χ3v) is 6.43. The van der Waals surface area contributed by atoms with Crippen molar-refractivity contribution in [1.82, 2.24) is 0 Å². The van der Waals surface area contributed by atoms with Crippen LogP contribution in [0.25, 0.3) is 0 Å². The predicted octanol–water partition coefficient (Wildman–Crippen LogP) is 8.53. The summed E-state index contributed by atoms with van der Waals surface area (Å²) < 4.78 is 10.8. The van der Waals surface area contributed by atoms with Crippen LogP contribution >= 0.6 is 0 Å². The first-order valence-corrected chi connectivity index (χ1v) is 14.6. The molecular weight excluding hydrogens is 412 g/mol. The first-order chi connectivity index (χ1) is 16.2. The van der Waals surface area contributed by atoms with Gasteiger partial charge in [0.1, 0.15) is 6.10 Å². The molecule has 1 N–H and O–H groups in total. The lowest BCUT2D eigenvalue weighted by atomic mass is 10.0. The van der Waals surface area contributed by atoms with Gasteiger partial charge in [-0.25, -0.2) is 0 Å². The van der Waals surface area contributed by atoms with Gasteiger partial charge < -0.3 is 14.6 Å². The van der Waals surface area contributed by atoms with Crippen LogP contribution in [0.4, 0.5) is 0 Å². The molecule has 0 saturated heterocycles. The van der Waals surface area contributed by atoms with Gasteiger partial charge in [0.2, 0.25) is 0 Å². The number of hydrogen-bond donors (Lipinski definition) is 1. The first-order valence-electron chi connectivity index (χ1n) is 14.6. The van der Waals surface area contributed by atoms with Crippen molar-refractivity contribution in [2.24, 2.45) is 0 Å². The van der Waals surface area contributed by atoms with E-state index in [9.17, 15) is 9.90 Å². The van der Waals surface area contributed by atoms with Gasteiger partial charge in [-0.05, 0) is 12.8 Å². The summed E-state index contributed by atoms with van der Waals surface area (Å²) in [5.74, 6) is -0.233. The number of esters is 1. The summed E-state index contributed by atoms with van der Waals surface area (Å²) in [5, 5.41) is 9.31. The maximum absolute atomic E-state index is 11.6. The number of carbonyl (C=O) groups excluding carboxylic acids is 1. The van der Waals surface area contributed by atoms with Crippen molar-refractivity contribution in [3.63, 3.8) is 0 Å². The molecule has 1 unspecified atom stereocenters. The molecule has 0 aliphatic rings. The first kappa shape index (κ1) is 32.4.